The Hall–Kier alpha value is -3.14. The maximum atomic E-state index is 10.1. The summed E-state index contributed by atoms with van der Waals surface area (Å²) < 4.78 is 5.41. The van der Waals surface area contributed by atoms with Gasteiger partial charge in [0.15, 0.2) is 0 Å². The first-order valence-corrected chi connectivity index (χ1v) is 7.33. The second-order valence-corrected chi connectivity index (χ2v) is 5.45. The highest BCUT2D eigenvalue weighted by Crippen LogP contribution is 2.34. The summed E-state index contributed by atoms with van der Waals surface area (Å²) in [5.41, 5.74) is 5.19. The van der Waals surface area contributed by atoms with Crippen LogP contribution in [0.15, 0.2) is 57.9 Å². The molecule has 0 aliphatic carbocycles. The number of aromatic nitrogens is 1. The van der Waals surface area contributed by atoms with E-state index in [0.717, 1.165) is 28.0 Å². The van der Waals surface area contributed by atoms with Crippen molar-refractivity contribution < 1.29 is 9.52 Å². The maximum absolute atomic E-state index is 10.1. The number of para-hydroxylation sites is 1. The van der Waals surface area contributed by atoms with Crippen molar-refractivity contribution in [1.82, 2.24) is 4.98 Å². The van der Waals surface area contributed by atoms with Gasteiger partial charge in [-0.1, -0.05) is 35.9 Å². The molecule has 0 radical (unpaired) electrons. The average Bonchev–Trinajstić information content (AvgIpc) is 3.13. The highest BCUT2D eigenvalue weighted by molar-refractivity contribution is 6.21. The van der Waals surface area contributed by atoms with E-state index in [1.807, 2.05) is 55.5 Å². The van der Waals surface area contributed by atoms with Gasteiger partial charge in [-0.3, -0.25) is 4.99 Å². The predicted molar refractivity (Wildman–Crippen MR) is 90.8 cm³/mol. The van der Waals surface area contributed by atoms with Crippen molar-refractivity contribution in [2.24, 2.45) is 4.99 Å². The highest BCUT2D eigenvalue weighted by Gasteiger charge is 2.16. The number of hydrogen-bond acceptors (Lipinski definition) is 4. The van der Waals surface area contributed by atoms with Gasteiger partial charge < -0.3 is 9.52 Å². The fourth-order valence-electron chi connectivity index (χ4n) is 2.62. The van der Waals surface area contributed by atoms with Crippen LogP contribution in [0.3, 0.4) is 0 Å². The third kappa shape index (κ3) is 2.44. The number of rotatable bonds is 2. The molecule has 1 aliphatic rings. The lowest BCUT2D eigenvalue weighted by Gasteiger charge is -1.97. The molecule has 1 aliphatic heterocycles. The minimum absolute atomic E-state index is 0.188. The molecule has 0 unspecified atom stereocenters. The first-order valence-electron chi connectivity index (χ1n) is 7.33. The van der Waals surface area contributed by atoms with Crippen molar-refractivity contribution in [2.45, 2.75) is 6.92 Å². The van der Waals surface area contributed by atoms with Gasteiger partial charge in [-0.25, -0.2) is 4.98 Å². The van der Waals surface area contributed by atoms with Crippen LogP contribution >= 0.6 is 0 Å². The molecule has 4 heteroatoms. The van der Waals surface area contributed by atoms with E-state index >= 15 is 0 Å². The van der Waals surface area contributed by atoms with Gasteiger partial charge in [-0.15, -0.1) is 0 Å². The van der Waals surface area contributed by atoms with Crippen LogP contribution in [0, 0.1) is 6.92 Å². The summed E-state index contributed by atoms with van der Waals surface area (Å²) in [7, 11) is 0. The molecule has 3 aromatic rings. The average molecular weight is 302 g/mol. The fourth-order valence-corrected chi connectivity index (χ4v) is 2.62. The van der Waals surface area contributed by atoms with Crippen LogP contribution in [0.1, 0.15) is 16.8 Å². The summed E-state index contributed by atoms with van der Waals surface area (Å²) in [6, 6.07) is 15.7. The molecule has 0 saturated heterocycles. The topological polar surface area (TPSA) is 58.6 Å². The molecule has 0 spiro atoms. The maximum Gasteiger partial charge on any atom is 0.310 e. The number of aryl methyl sites for hydroxylation is 1. The van der Waals surface area contributed by atoms with Crippen LogP contribution in [-0.2, 0) is 0 Å². The van der Waals surface area contributed by atoms with Crippen LogP contribution in [0.2, 0.25) is 0 Å². The lowest BCUT2D eigenvalue weighted by Crippen LogP contribution is -1.82. The summed E-state index contributed by atoms with van der Waals surface area (Å²) in [5.74, 6) is 0.216. The van der Waals surface area contributed by atoms with Crippen LogP contribution in [-0.4, -0.2) is 16.3 Å². The summed E-state index contributed by atoms with van der Waals surface area (Å²) in [5, 5.41) is 10.1. The zero-order valence-electron chi connectivity index (χ0n) is 12.5. The molecule has 23 heavy (non-hydrogen) atoms. The van der Waals surface area contributed by atoms with Gasteiger partial charge in [0.2, 0.25) is 5.89 Å². The number of benzene rings is 2. The van der Waals surface area contributed by atoms with Gasteiger partial charge in [0.05, 0.1) is 5.69 Å². The molecular formula is C19H14N2O2. The Bertz CT molecular complexity index is 952. The molecule has 0 saturated carbocycles. The van der Waals surface area contributed by atoms with Crippen LogP contribution < -0.4 is 0 Å². The Morgan fingerprint density at radius 3 is 2.83 bits per heavy atom. The smallest absolute Gasteiger partial charge is 0.310 e. The molecule has 1 N–H and O–H groups in total. The number of aromatic hydroxyl groups is 1. The Kier molecular flexibility index (Phi) is 3.08. The number of nitrogens with zero attached hydrogens (tertiary/aromatic N) is 2. The van der Waals surface area contributed by atoms with E-state index < -0.39 is 0 Å². The lowest BCUT2D eigenvalue weighted by atomic mass is 10.1. The van der Waals surface area contributed by atoms with Gasteiger partial charge in [0.1, 0.15) is 5.69 Å². The minimum atomic E-state index is -0.188. The second kappa shape index (κ2) is 5.25. The summed E-state index contributed by atoms with van der Waals surface area (Å²) in [6.45, 7) is 2.00. The minimum Gasteiger partial charge on any atom is -0.479 e. The molecule has 1 aromatic heterocycles. The molecule has 2 aromatic carbocycles. The SMILES string of the molecule is Cc1cccc(-c2nc(/C=C3\C=Nc4ccccc43)c(O)o2)c1. The van der Waals surface area contributed by atoms with Gasteiger partial charge in [-0.05, 0) is 31.2 Å². The molecular weight excluding hydrogens is 288 g/mol. The summed E-state index contributed by atoms with van der Waals surface area (Å²) >= 11 is 0. The highest BCUT2D eigenvalue weighted by atomic mass is 16.5. The number of hydrogen-bond donors (Lipinski definition) is 1. The van der Waals surface area contributed by atoms with Crippen molar-refractivity contribution in [2.75, 3.05) is 0 Å². The molecule has 2 heterocycles. The Labute approximate surface area is 133 Å². The summed E-state index contributed by atoms with van der Waals surface area (Å²) in [6.07, 6.45) is 3.55. The molecule has 0 bridgehead atoms. The van der Waals surface area contributed by atoms with E-state index in [0.29, 0.717) is 11.6 Å². The standard InChI is InChI=1S/C19H14N2O2/c1-12-5-4-6-13(9-12)18-21-17(19(22)23-18)10-14-11-20-16-8-3-2-7-15(14)16/h2-11,22H,1H3/b14-10+. The zero-order valence-corrected chi connectivity index (χ0v) is 12.5. The van der Waals surface area contributed by atoms with E-state index in [2.05, 4.69) is 9.98 Å². The lowest BCUT2D eigenvalue weighted by molar-refractivity contribution is 0.336. The van der Waals surface area contributed by atoms with Gasteiger partial charge in [-0.2, -0.15) is 0 Å². The molecule has 0 fully saturated rings. The van der Waals surface area contributed by atoms with E-state index in [9.17, 15) is 5.11 Å². The van der Waals surface area contributed by atoms with E-state index in [1.165, 1.54) is 0 Å². The van der Waals surface area contributed by atoms with Gasteiger partial charge in [0, 0.05) is 22.9 Å². The predicted octanol–water partition coefficient (Wildman–Crippen LogP) is 4.61. The van der Waals surface area contributed by atoms with Crippen molar-refractivity contribution >= 4 is 23.6 Å². The molecule has 4 nitrogen and oxygen atoms in total. The Morgan fingerprint density at radius 1 is 1.09 bits per heavy atom. The number of fused-ring (bicyclic) bond motifs is 1. The zero-order chi connectivity index (χ0) is 15.8. The molecule has 4 rings (SSSR count). The van der Waals surface area contributed by atoms with Crippen molar-refractivity contribution in [3.05, 3.63) is 65.4 Å². The molecule has 0 amide bonds. The Morgan fingerprint density at radius 2 is 1.96 bits per heavy atom. The van der Waals surface area contributed by atoms with E-state index in [1.54, 1.807) is 12.3 Å². The van der Waals surface area contributed by atoms with Gasteiger partial charge in [0.25, 0.3) is 0 Å². The van der Waals surface area contributed by atoms with Crippen LogP contribution in [0.5, 0.6) is 5.95 Å². The quantitative estimate of drug-likeness (QED) is 0.752. The largest absolute Gasteiger partial charge is 0.479 e. The molecule has 0 atom stereocenters. The monoisotopic (exact) mass is 302 g/mol. The fraction of sp³-hybridized carbons (Fsp3) is 0.0526. The van der Waals surface area contributed by atoms with Crippen molar-refractivity contribution in [3.63, 3.8) is 0 Å². The number of oxazole rings is 1. The van der Waals surface area contributed by atoms with E-state index in [4.69, 9.17) is 4.42 Å². The van der Waals surface area contributed by atoms with Crippen LogP contribution in [0.25, 0.3) is 23.1 Å². The van der Waals surface area contributed by atoms with Crippen molar-refractivity contribution in [1.29, 1.82) is 0 Å². The second-order valence-electron chi connectivity index (χ2n) is 5.45. The first-order chi connectivity index (χ1) is 11.2. The molecule has 112 valence electrons. The van der Waals surface area contributed by atoms with E-state index in [-0.39, 0.29) is 5.95 Å². The summed E-state index contributed by atoms with van der Waals surface area (Å²) in [4.78, 5) is 8.75. The van der Waals surface area contributed by atoms with Crippen LogP contribution in [0.4, 0.5) is 5.69 Å². The van der Waals surface area contributed by atoms with Crippen molar-refractivity contribution in [3.8, 4) is 17.4 Å². The number of allylic oxidation sites excluding steroid dienone is 1. The number of aliphatic imine (C=N–C) groups is 1. The van der Waals surface area contributed by atoms with Gasteiger partial charge >= 0.3 is 5.95 Å². The third-order valence-electron chi connectivity index (χ3n) is 3.75. The first kappa shape index (κ1) is 13.5. The normalized spacial score (nSPS) is 14.4. The third-order valence-corrected chi connectivity index (χ3v) is 3.75. The Balaban J connectivity index is 1.75.